The fourth-order valence-corrected chi connectivity index (χ4v) is 2.91. The van der Waals surface area contributed by atoms with Crippen LogP contribution in [0.15, 0.2) is 24.3 Å². The highest BCUT2D eigenvalue weighted by Crippen LogP contribution is 2.18. The summed E-state index contributed by atoms with van der Waals surface area (Å²) in [6.07, 6.45) is 0. The number of carbonyl (C=O) groups is 3. The molecule has 2 heterocycles. The van der Waals surface area contributed by atoms with Gasteiger partial charge in [-0.25, -0.2) is 0 Å². The van der Waals surface area contributed by atoms with Crippen molar-refractivity contribution < 1.29 is 19.1 Å². The topological polar surface area (TPSA) is 105 Å². The van der Waals surface area contributed by atoms with Crippen LogP contribution in [0.5, 0.6) is 0 Å². The Labute approximate surface area is 139 Å². The van der Waals surface area contributed by atoms with Gasteiger partial charge < -0.3 is 25.6 Å². The second kappa shape index (κ2) is 6.58. The Morgan fingerprint density at radius 3 is 2.58 bits per heavy atom. The summed E-state index contributed by atoms with van der Waals surface area (Å²) < 4.78 is 5.10. The van der Waals surface area contributed by atoms with E-state index in [0.717, 1.165) is 0 Å². The van der Waals surface area contributed by atoms with E-state index in [0.29, 0.717) is 30.9 Å². The standard InChI is InChI=1S/C16H20N4O4/c1-19-8-12(17)14(16(19)23)18-15(22)10-2-4-11(5-3-10)20-6-7-24-9-13(20)21/h2-5,12,14H,6-9,17H2,1H3,(H,18,22). The number of benzene rings is 1. The SMILES string of the molecule is CN1CC(N)C(NC(=O)c2ccc(N3CCOCC3=O)cc2)C1=O. The van der Waals surface area contributed by atoms with Gasteiger partial charge in [0.15, 0.2) is 0 Å². The molecule has 0 aliphatic carbocycles. The van der Waals surface area contributed by atoms with Crippen LogP contribution in [0.3, 0.4) is 0 Å². The van der Waals surface area contributed by atoms with Gasteiger partial charge in [-0.2, -0.15) is 0 Å². The molecule has 8 heteroatoms. The summed E-state index contributed by atoms with van der Waals surface area (Å²) in [4.78, 5) is 39.2. The van der Waals surface area contributed by atoms with Crippen LogP contribution in [-0.4, -0.2) is 68.1 Å². The average molecular weight is 332 g/mol. The van der Waals surface area contributed by atoms with Crippen molar-refractivity contribution in [3.63, 3.8) is 0 Å². The third-order valence-corrected chi connectivity index (χ3v) is 4.27. The van der Waals surface area contributed by atoms with Crippen molar-refractivity contribution >= 4 is 23.4 Å². The number of anilines is 1. The maximum absolute atomic E-state index is 12.3. The van der Waals surface area contributed by atoms with Gasteiger partial charge in [-0.15, -0.1) is 0 Å². The summed E-state index contributed by atoms with van der Waals surface area (Å²) in [5, 5.41) is 2.68. The number of likely N-dealkylation sites (tertiary alicyclic amines) is 1. The molecular formula is C16H20N4O4. The van der Waals surface area contributed by atoms with E-state index < -0.39 is 12.1 Å². The van der Waals surface area contributed by atoms with E-state index in [1.807, 2.05) is 0 Å². The maximum Gasteiger partial charge on any atom is 0.253 e. The van der Waals surface area contributed by atoms with Crippen molar-refractivity contribution in [2.45, 2.75) is 12.1 Å². The minimum absolute atomic E-state index is 0.0669. The van der Waals surface area contributed by atoms with Crippen LogP contribution in [0.25, 0.3) is 0 Å². The first-order valence-corrected chi connectivity index (χ1v) is 7.77. The molecule has 128 valence electrons. The van der Waals surface area contributed by atoms with Crippen molar-refractivity contribution in [2.24, 2.45) is 5.73 Å². The summed E-state index contributed by atoms with van der Waals surface area (Å²) in [5.74, 6) is -0.658. The molecule has 0 saturated carbocycles. The molecule has 2 fully saturated rings. The zero-order valence-electron chi connectivity index (χ0n) is 13.4. The van der Waals surface area contributed by atoms with E-state index in [-0.39, 0.29) is 24.3 Å². The summed E-state index contributed by atoms with van der Waals surface area (Å²) in [6, 6.07) is 5.55. The molecule has 2 saturated heterocycles. The zero-order valence-corrected chi connectivity index (χ0v) is 13.4. The minimum Gasteiger partial charge on any atom is -0.370 e. The van der Waals surface area contributed by atoms with Crippen LogP contribution in [0.1, 0.15) is 10.4 Å². The number of hydrogen-bond acceptors (Lipinski definition) is 5. The van der Waals surface area contributed by atoms with Gasteiger partial charge in [-0.3, -0.25) is 14.4 Å². The summed E-state index contributed by atoms with van der Waals surface area (Å²) >= 11 is 0. The number of likely N-dealkylation sites (N-methyl/N-ethyl adjacent to an activating group) is 1. The van der Waals surface area contributed by atoms with Crippen LogP contribution >= 0.6 is 0 Å². The highest BCUT2D eigenvalue weighted by atomic mass is 16.5. The van der Waals surface area contributed by atoms with Gasteiger partial charge in [0.2, 0.25) is 5.91 Å². The Balaban J connectivity index is 1.68. The molecule has 0 bridgehead atoms. The minimum atomic E-state index is -0.706. The normalized spacial score (nSPS) is 24.4. The quantitative estimate of drug-likeness (QED) is 0.735. The first-order chi connectivity index (χ1) is 11.5. The Hall–Kier alpha value is -2.45. The smallest absolute Gasteiger partial charge is 0.253 e. The molecule has 3 amide bonds. The number of amides is 3. The second-order valence-corrected chi connectivity index (χ2v) is 5.98. The zero-order chi connectivity index (χ0) is 17.3. The number of nitrogens with zero attached hydrogens (tertiary/aromatic N) is 2. The number of rotatable bonds is 3. The number of hydrogen-bond donors (Lipinski definition) is 2. The van der Waals surface area contributed by atoms with Crippen LogP contribution in [0.4, 0.5) is 5.69 Å². The maximum atomic E-state index is 12.3. The molecule has 0 spiro atoms. The lowest BCUT2D eigenvalue weighted by atomic mass is 10.1. The fraction of sp³-hybridized carbons (Fsp3) is 0.438. The van der Waals surface area contributed by atoms with Crippen LogP contribution in [0.2, 0.25) is 0 Å². The lowest BCUT2D eigenvalue weighted by Crippen LogP contribution is -2.48. The van der Waals surface area contributed by atoms with Gasteiger partial charge in [0, 0.05) is 31.4 Å². The molecule has 24 heavy (non-hydrogen) atoms. The Kier molecular flexibility index (Phi) is 4.50. The van der Waals surface area contributed by atoms with Crippen LogP contribution in [-0.2, 0) is 14.3 Å². The van der Waals surface area contributed by atoms with E-state index in [1.54, 1.807) is 36.2 Å². The number of morpholine rings is 1. The number of nitrogens with two attached hydrogens (primary N) is 1. The van der Waals surface area contributed by atoms with Gasteiger partial charge in [0.1, 0.15) is 12.6 Å². The lowest BCUT2D eigenvalue weighted by molar-refractivity contribution is -0.128. The Bertz CT molecular complexity index is 661. The first-order valence-electron chi connectivity index (χ1n) is 7.77. The number of ether oxygens (including phenoxy) is 1. The predicted octanol–water partition coefficient (Wildman–Crippen LogP) is -1.05. The van der Waals surface area contributed by atoms with Gasteiger partial charge >= 0.3 is 0 Å². The summed E-state index contributed by atoms with van der Waals surface area (Å²) in [6.45, 7) is 1.46. The highest BCUT2D eigenvalue weighted by molar-refractivity contribution is 5.99. The third-order valence-electron chi connectivity index (χ3n) is 4.27. The molecule has 0 aromatic heterocycles. The van der Waals surface area contributed by atoms with Crippen molar-refractivity contribution in [3.8, 4) is 0 Å². The lowest BCUT2D eigenvalue weighted by Gasteiger charge is -2.26. The van der Waals surface area contributed by atoms with Crippen molar-refractivity contribution in [2.75, 3.05) is 38.3 Å². The fourth-order valence-electron chi connectivity index (χ4n) is 2.91. The van der Waals surface area contributed by atoms with E-state index in [9.17, 15) is 14.4 Å². The second-order valence-electron chi connectivity index (χ2n) is 5.98. The molecule has 3 rings (SSSR count). The van der Waals surface area contributed by atoms with Crippen molar-refractivity contribution in [3.05, 3.63) is 29.8 Å². The van der Waals surface area contributed by atoms with Gasteiger partial charge in [0.25, 0.3) is 11.8 Å². The summed E-state index contributed by atoms with van der Waals surface area (Å²) in [7, 11) is 1.66. The van der Waals surface area contributed by atoms with E-state index >= 15 is 0 Å². The molecule has 1 aromatic rings. The van der Waals surface area contributed by atoms with Crippen molar-refractivity contribution in [1.82, 2.24) is 10.2 Å². The van der Waals surface area contributed by atoms with Gasteiger partial charge in [-0.05, 0) is 24.3 Å². The Morgan fingerprint density at radius 2 is 2.00 bits per heavy atom. The van der Waals surface area contributed by atoms with E-state index in [2.05, 4.69) is 5.32 Å². The average Bonchev–Trinajstić information content (AvgIpc) is 2.82. The molecule has 2 aliphatic rings. The van der Waals surface area contributed by atoms with Gasteiger partial charge in [0.05, 0.1) is 12.6 Å². The van der Waals surface area contributed by atoms with E-state index in [1.165, 1.54) is 4.90 Å². The molecule has 1 aromatic carbocycles. The third kappa shape index (κ3) is 3.10. The number of nitrogens with one attached hydrogen (secondary N) is 1. The molecule has 0 radical (unpaired) electrons. The molecule has 3 N–H and O–H groups in total. The van der Waals surface area contributed by atoms with Gasteiger partial charge in [-0.1, -0.05) is 0 Å². The van der Waals surface area contributed by atoms with Crippen molar-refractivity contribution in [1.29, 1.82) is 0 Å². The molecule has 2 unspecified atom stereocenters. The molecule has 2 atom stereocenters. The Morgan fingerprint density at radius 1 is 1.29 bits per heavy atom. The van der Waals surface area contributed by atoms with Crippen LogP contribution in [0, 0.1) is 0 Å². The van der Waals surface area contributed by atoms with E-state index in [4.69, 9.17) is 10.5 Å². The molecule has 2 aliphatic heterocycles. The van der Waals surface area contributed by atoms with Crippen LogP contribution < -0.4 is 16.0 Å². The largest absolute Gasteiger partial charge is 0.370 e. The highest BCUT2D eigenvalue weighted by Gasteiger charge is 2.37. The monoisotopic (exact) mass is 332 g/mol. The first kappa shape index (κ1) is 16.4. The predicted molar refractivity (Wildman–Crippen MR) is 86.5 cm³/mol. The summed E-state index contributed by atoms with van der Waals surface area (Å²) in [5.41, 5.74) is 7.02. The molecule has 8 nitrogen and oxygen atoms in total. The number of carbonyl (C=O) groups excluding carboxylic acids is 3. The molecular weight excluding hydrogens is 312 g/mol.